The number of aliphatic hydroxyl groups is 1. The van der Waals surface area contributed by atoms with E-state index in [-0.39, 0.29) is 18.4 Å². The summed E-state index contributed by atoms with van der Waals surface area (Å²) >= 11 is 0. The first-order valence-corrected chi connectivity index (χ1v) is 6.39. The molecule has 2 rings (SSSR count). The highest BCUT2D eigenvalue weighted by molar-refractivity contribution is 5.85. The van der Waals surface area contributed by atoms with Gasteiger partial charge in [-0.2, -0.15) is 0 Å². The van der Waals surface area contributed by atoms with E-state index < -0.39 is 6.10 Å². The number of hydrogen-bond acceptors (Lipinski definition) is 4. The van der Waals surface area contributed by atoms with Gasteiger partial charge in [0, 0.05) is 19.2 Å². The zero-order valence-electron chi connectivity index (χ0n) is 11.0. The molecule has 0 aromatic heterocycles. The summed E-state index contributed by atoms with van der Waals surface area (Å²) in [7, 11) is 1.54. The summed E-state index contributed by atoms with van der Waals surface area (Å²) in [5.41, 5.74) is 0.928. The summed E-state index contributed by atoms with van der Waals surface area (Å²) in [6, 6.07) is 7.56. The van der Waals surface area contributed by atoms with Gasteiger partial charge >= 0.3 is 0 Å². The summed E-state index contributed by atoms with van der Waals surface area (Å²) in [6.45, 7) is 1.10. The van der Waals surface area contributed by atoms with E-state index in [1.165, 1.54) is 7.11 Å². The largest absolute Gasteiger partial charge is 0.492 e. The minimum absolute atomic E-state index is 0.0606. The van der Waals surface area contributed by atoms with E-state index in [1.807, 2.05) is 24.3 Å². The third kappa shape index (κ3) is 3.45. The van der Waals surface area contributed by atoms with Gasteiger partial charge in [-0.15, -0.1) is 0 Å². The number of ether oxygens (including phenoxy) is 2. The van der Waals surface area contributed by atoms with Crippen molar-refractivity contribution >= 4 is 5.91 Å². The number of methoxy groups -OCH3 is 1. The van der Waals surface area contributed by atoms with Crippen LogP contribution in [0.15, 0.2) is 24.3 Å². The number of carbonyl (C=O) groups is 1. The second-order valence-electron chi connectivity index (χ2n) is 4.59. The molecular formula is C14H19NO4. The van der Waals surface area contributed by atoms with Crippen LogP contribution < -0.4 is 10.1 Å². The molecule has 1 amide bonds. The molecule has 1 aliphatic heterocycles. The Morgan fingerprint density at radius 1 is 1.58 bits per heavy atom. The minimum atomic E-state index is -0.544. The molecule has 5 nitrogen and oxygen atoms in total. The Balaban J connectivity index is 1.82. The third-order valence-corrected chi connectivity index (χ3v) is 3.15. The van der Waals surface area contributed by atoms with Crippen LogP contribution in [0.5, 0.6) is 5.75 Å². The van der Waals surface area contributed by atoms with E-state index in [4.69, 9.17) is 9.47 Å². The molecule has 2 unspecified atom stereocenters. The van der Waals surface area contributed by atoms with E-state index >= 15 is 0 Å². The SMILES string of the molecule is COCC(O)CCNC(=O)C1COc2ccccc21. The lowest BCUT2D eigenvalue weighted by Gasteiger charge is -2.12. The van der Waals surface area contributed by atoms with Gasteiger partial charge in [-0.3, -0.25) is 4.79 Å². The molecule has 0 radical (unpaired) electrons. The molecule has 1 aromatic rings. The Kier molecular flexibility index (Phi) is 4.76. The summed E-state index contributed by atoms with van der Waals surface area (Å²) in [5, 5.41) is 12.3. The first-order valence-electron chi connectivity index (χ1n) is 6.39. The van der Waals surface area contributed by atoms with Gasteiger partial charge in [-0.05, 0) is 12.5 Å². The van der Waals surface area contributed by atoms with Gasteiger partial charge in [0.05, 0.1) is 12.7 Å². The predicted molar refractivity (Wildman–Crippen MR) is 70.2 cm³/mol. The molecule has 1 heterocycles. The minimum Gasteiger partial charge on any atom is -0.492 e. The zero-order valence-corrected chi connectivity index (χ0v) is 11.0. The molecular weight excluding hydrogens is 246 g/mol. The lowest BCUT2D eigenvalue weighted by Crippen LogP contribution is -2.33. The van der Waals surface area contributed by atoms with E-state index in [1.54, 1.807) is 0 Å². The number of para-hydroxylation sites is 1. The molecule has 0 fully saturated rings. The summed E-state index contributed by atoms with van der Waals surface area (Å²) < 4.78 is 10.3. The molecule has 0 aliphatic carbocycles. The molecule has 0 bridgehead atoms. The molecule has 0 saturated carbocycles. The average molecular weight is 265 g/mol. The number of aliphatic hydroxyl groups excluding tert-OH is 1. The van der Waals surface area contributed by atoms with Crippen LogP contribution >= 0.6 is 0 Å². The molecule has 5 heteroatoms. The van der Waals surface area contributed by atoms with Crippen LogP contribution in [-0.4, -0.2) is 44.0 Å². The Bertz CT molecular complexity index is 435. The van der Waals surface area contributed by atoms with Crippen LogP contribution in [0.3, 0.4) is 0 Å². The lowest BCUT2D eigenvalue weighted by molar-refractivity contribution is -0.122. The number of benzene rings is 1. The Hall–Kier alpha value is -1.59. The lowest BCUT2D eigenvalue weighted by atomic mass is 10.0. The fraction of sp³-hybridized carbons (Fsp3) is 0.500. The number of amides is 1. The van der Waals surface area contributed by atoms with Crippen LogP contribution in [0.2, 0.25) is 0 Å². The van der Waals surface area contributed by atoms with Gasteiger partial charge in [0.2, 0.25) is 5.91 Å². The maximum Gasteiger partial charge on any atom is 0.231 e. The number of rotatable bonds is 6. The van der Waals surface area contributed by atoms with Gasteiger partial charge in [0.15, 0.2) is 0 Å². The summed E-state index contributed by atoms with van der Waals surface area (Å²) in [5.74, 6) is 0.465. The molecule has 2 atom stereocenters. The van der Waals surface area contributed by atoms with Crippen LogP contribution in [0, 0.1) is 0 Å². The highest BCUT2D eigenvalue weighted by atomic mass is 16.5. The molecule has 1 aromatic carbocycles. The molecule has 19 heavy (non-hydrogen) atoms. The predicted octanol–water partition coefficient (Wildman–Crippen LogP) is 0.676. The standard InChI is InChI=1S/C14H19NO4/c1-18-8-10(16)6-7-15-14(17)12-9-19-13-5-3-2-4-11(12)13/h2-5,10,12,16H,6-9H2,1H3,(H,15,17). The fourth-order valence-electron chi connectivity index (χ4n) is 2.14. The smallest absolute Gasteiger partial charge is 0.231 e. The van der Waals surface area contributed by atoms with Crippen LogP contribution in [0.1, 0.15) is 17.9 Å². The van der Waals surface area contributed by atoms with Crippen LogP contribution in [0.25, 0.3) is 0 Å². The second-order valence-corrected chi connectivity index (χ2v) is 4.59. The van der Waals surface area contributed by atoms with Crippen LogP contribution in [0.4, 0.5) is 0 Å². The van der Waals surface area contributed by atoms with Gasteiger partial charge in [-0.1, -0.05) is 18.2 Å². The van der Waals surface area contributed by atoms with E-state index in [0.717, 1.165) is 11.3 Å². The monoisotopic (exact) mass is 265 g/mol. The highest BCUT2D eigenvalue weighted by Crippen LogP contribution is 2.33. The topological polar surface area (TPSA) is 67.8 Å². The van der Waals surface area contributed by atoms with Gasteiger partial charge in [0.1, 0.15) is 18.3 Å². The van der Waals surface area contributed by atoms with Gasteiger partial charge in [0.25, 0.3) is 0 Å². The van der Waals surface area contributed by atoms with Gasteiger partial charge in [-0.25, -0.2) is 0 Å². The first-order chi connectivity index (χ1) is 9.22. The highest BCUT2D eigenvalue weighted by Gasteiger charge is 2.29. The van der Waals surface area contributed by atoms with E-state index in [9.17, 15) is 9.90 Å². The Morgan fingerprint density at radius 2 is 2.37 bits per heavy atom. The van der Waals surface area contributed by atoms with Crippen molar-refractivity contribution in [3.63, 3.8) is 0 Å². The van der Waals surface area contributed by atoms with Gasteiger partial charge < -0.3 is 19.9 Å². The van der Waals surface area contributed by atoms with Crippen molar-refractivity contribution in [1.29, 1.82) is 0 Å². The quantitative estimate of drug-likeness (QED) is 0.793. The van der Waals surface area contributed by atoms with Crippen molar-refractivity contribution in [1.82, 2.24) is 5.32 Å². The second kappa shape index (κ2) is 6.54. The Labute approximate surface area is 112 Å². The summed E-state index contributed by atoms with van der Waals surface area (Å²) in [6.07, 6.45) is -0.0631. The molecule has 0 spiro atoms. The molecule has 2 N–H and O–H groups in total. The number of fused-ring (bicyclic) bond motifs is 1. The summed E-state index contributed by atoms with van der Waals surface area (Å²) in [4.78, 5) is 12.0. The van der Waals surface area contributed by atoms with Crippen molar-refractivity contribution in [2.75, 3.05) is 26.9 Å². The number of hydrogen-bond donors (Lipinski definition) is 2. The van der Waals surface area contributed by atoms with Crippen molar-refractivity contribution in [3.8, 4) is 5.75 Å². The fourth-order valence-corrected chi connectivity index (χ4v) is 2.14. The van der Waals surface area contributed by atoms with Crippen LogP contribution in [-0.2, 0) is 9.53 Å². The zero-order chi connectivity index (χ0) is 13.7. The number of carbonyl (C=O) groups excluding carboxylic acids is 1. The van der Waals surface area contributed by atoms with E-state index in [2.05, 4.69) is 5.32 Å². The van der Waals surface area contributed by atoms with Crippen molar-refractivity contribution in [2.45, 2.75) is 18.4 Å². The van der Waals surface area contributed by atoms with E-state index in [0.29, 0.717) is 19.6 Å². The maximum atomic E-state index is 12.0. The Morgan fingerprint density at radius 3 is 3.16 bits per heavy atom. The average Bonchev–Trinajstić information content (AvgIpc) is 2.82. The first kappa shape index (κ1) is 13.8. The maximum absolute atomic E-state index is 12.0. The third-order valence-electron chi connectivity index (χ3n) is 3.15. The number of nitrogens with one attached hydrogen (secondary N) is 1. The van der Waals surface area contributed by atoms with Crippen molar-refractivity contribution < 1.29 is 19.4 Å². The normalized spacial score (nSPS) is 18.5. The van der Waals surface area contributed by atoms with Crippen molar-refractivity contribution in [3.05, 3.63) is 29.8 Å². The van der Waals surface area contributed by atoms with Crippen molar-refractivity contribution in [2.24, 2.45) is 0 Å². The molecule has 1 aliphatic rings. The molecule has 104 valence electrons. The molecule has 0 saturated heterocycles.